The van der Waals surface area contributed by atoms with Gasteiger partial charge in [0.25, 0.3) is 5.91 Å². The highest BCUT2D eigenvalue weighted by atomic mass is 16.6. The number of nitrogens with zero attached hydrogens (tertiary/aromatic N) is 2. The van der Waals surface area contributed by atoms with Gasteiger partial charge in [-0.05, 0) is 70.2 Å². The van der Waals surface area contributed by atoms with Crippen molar-refractivity contribution in [1.29, 1.82) is 5.26 Å². The van der Waals surface area contributed by atoms with Crippen LogP contribution in [-0.2, 0) is 19.1 Å². The fraction of sp³-hybridized carbons (Fsp3) is 0.414. The van der Waals surface area contributed by atoms with Crippen LogP contribution in [0.4, 0.5) is 10.5 Å². The SMILES string of the molecule is Cc1ccccc1C(C(=O)Nc1c(C)cccc1C)N(CC#N)C(=O)C(CCC(N)=O)NC(=O)OC(C)(C)C. The van der Waals surface area contributed by atoms with E-state index in [1.165, 1.54) is 0 Å². The topological polar surface area (TPSA) is 155 Å². The number of aryl methyl sites for hydroxylation is 3. The molecule has 0 spiro atoms. The van der Waals surface area contributed by atoms with E-state index in [0.717, 1.165) is 21.6 Å². The molecule has 2 aromatic carbocycles. The molecule has 0 saturated carbocycles. The molecule has 208 valence electrons. The summed E-state index contributed by atoms with van der Waals surface area (Å²) in [5.74, 6) is -1.93. The number of para-hydroxylation sites is 1. The van der Waals surface area contributed by atoms with Crippen molar-refractivity contribution >= 4 is 29.5 Å². The summed E-state index contributed by atoms with van der Waals surface area (Å²) in [5.41, 5.74) is 7.97. The second kappa shape index (κ2) is 13.4. The Bertz CT molecular complexity index is 1240. The number of primary amides is 1. The first-order valence-electron chi connectivity index (χ1n) is 12.6. The smallest absolute Gasteiger partial charge is 0.408 e. The van der Waals surface area contributed by atoms with Crippen LogP contribution < -0.4 is 16.4 Å². The molecule has 0 saturated heterocycles. The van der Waals surface area contributed by atoms with Crippen molar-refractivity contribution in [3.8, 4) is 6.07 Å². The maximum atomic E-state index is 13.9. The van der Waals surface area contributed by atoms with Gasteiger partial charge >= 0.3 is 6.09 Å². The molecule has 4 amide bonds. The Morgan fingerprint density at radius 2 is 1.59 bits per heavy atom. The first-order chi connectivity index (χ1) is 18.2. The summed E-state index contributed by atoms with van der Waals surface area (Å²) in [6.45, 7) is 10.1. The zero-order chi connectivity index (χ0) is 29.3. The molecule has 0 aliphatic rings. The first kappa shape index (κ1) is 30.8. The van der Waals surface area contributed by atoms with Gasteiger partial charge in [-0.1, -0.05) is 42.5 Å². The number of carbonyl (C=O) groups is 4. The van der Waals surface area contributed by atoms with Crippen molar-refractivity contribution in [2.75, 3.05) is 11.9 Å². The third-order valence-electron chi connectivity index (χ3n) is 5.97. The second-order valence-corrected chi connectivity index (χ2v) is 10.3. The number of hydrogen-bond donors (Lipinski definition) is 3. The molecule has 0 heterocycles. The van der Waals surface area contributed by atoms with Crippen LogP contribution in [0.15, 0.2) is 42.5 Å². The molecule has 2 unspecified atom stereocenters. The number of benzene rings is 2. The number of rotatable bonds is 10. The number of alkyl carbamates (subject to hydrolysis) is 1. The van der Waals surface area contributed by atoms with E-state index < -0.39 is 48.0 Å². The third-order valence-corrected chi connectivity index (χ3v) is 5.97. The van der Waals surface area contributed by atoms with E-state index in [2.05, 4.69) is 10.6 Å². The van der Waals surface area contributed by atoms with E-state index in [-0.39, 0.29) is 12.8 Å². The van der Waals surface area contributed by atoms with Crippen LogP contribution in [0.2, 0.25) is 0 Å². The van der Waals surface area contributed by atoms with Crippen LogP contribution in [0.5, 0.6) is 0 Å². The molecular weight excluding hydrogens is 498 g/mol. The average Bonchev–Trinajstić information content (AvgIpc) is 2.83. The number of nitrogens with two attached hydrogens (primary N) is 1. The number of nitriles is 1. The summed E-state index contributed by atoms with van der Waals surface area (Å²) in [7, 11) is 0. The van der Waals surface area contributed by atoms with Gasteiger partial charge in [0, 0.05) is 12.1 Å². The molecule has 0 radical (unpaired) electrons. The molecule has 0 fully saturated rings. The number of anilines is 1. The molecule has 2 rings (SSSR count). The van der Waals surface area contributed by atoms with Crippen molar-refractivity contribution in [3.63, 3.8) is 0 Å². The zero-order valence-electron chi connectivity index (χ0n) is 23.3. The number of hydrogen-bond acceptors (Lipinski definition) is 6. The lowest BCUT2D eigenvalue weighted by Crippen LogP contribution is -2.52. The maximum Gasteiger partial charge on any atom is 0.408 e. The minimum Gasteiger partial charge on any atom is -0.444 e. The lowest BCUT2D eigenvalue weighted by Gasteiger charge is -2.33. The van der Waals surface area contributed by atoms with E-state index in [1.807, 2.05) is 38.1 Å². The van der Waals surface area contributed by atoms with Crippen molar-refractivity contribution in [2.24, 2.45) is 5.73 Å². The van der Waals surface area contributed by atoms with Gasteiger partial charge < -0.3 is 26.0 Å². The molecule has 39 heavy (non-hydrogen) atoms. The highest BCUT2D eigenvalue weighted by Gasteiger charge is 2.37. The number of amides is 4. The van der Waals surface area contributed by atoms with Gasteiger partial charge in [0.05, 0.1) is 6.07 Å². The summed E-state index contributed by atoms with van der Waals surface area (Å²) in [6, 6.07) is 12.1. The van der Waals surface area contributed by atoms with Gasteiger partial charge in [-0.2, -0.15) is 5.26 Å². The number of carbonyl (C=O) groups excluding carboxylic acids is 4. The quantitative estimate of drug-likeness (QED) is 0.393. The van der Waals surface area contributed by atoms with E-state index in [1.54, 1.807) is 52.0 Å². The van der Waals surface area contributed by atoms with Gasteiger partial charge in [-0.25, -0.2) is 4.79 Å². The van der Waals surface area contributed by atoms with Crippen LogP contribution in [0.25, 0.3) is 0 Å². The van der Waals surface area contributed by atoms with Crippen LogP contribution in [-0.4, -0.2) is 46.9 Å². The Balaban J connectivity index is 2.57. The maximum absolute atomic E-state index is 13.9. The van der Waals surface area contributed by atoms with Gasteiger partial charge in [0.2, 0.25) is 11.8 Å². The largest absolute Gasteiger partial charge is 0.444 e. The van der Waals surface area contributed by atoms with Crippen molar-refractivity contribution in [3.05, 3.63) is 64.7 Å². The molecule has 4 N–H and O–H groups in total. The van der Waals surface area contributed by atoms with Crippen LogP contribution in [0.3, 0.4) is 0 Å². The van der Waals surface area contributed by atoms with Crippen molar-refractivity contribution in [1.82, 2.24) is 10.2 Å². The fourth-order valence-electron chi connectivity index (χ4n) is 4.11. The molecule has 10 heteroatoms. The normalized spacial score (nSPS) is 12.4. The summed E-state index contributed by atoms with van der Waals surface area (Å²) in [5, 5.41) is 15.1. The van der Waals surface area contributed by atoms with Gasteiger partial charge in [-0.15, -0.1) is 0 Å². The van der Waals surface area contributed by atoms with Crippen molar-refractivity contribution in [2.45, 2.75) is 72.1 Å². The molecule has 10 nitrogen and oxygen atoms in total. The predicted molar refractivity (Wildman–Crippen MR) is 147 cm³/mol. The lowest BCUT2D eigenvalue weighted by molar-refractivity contribution is -0.140. The molecule has 0 aliphatic heterocycles. The Morgan fingerprint density at radius 1 is 1.00 bits per heavy atom. The monoisotopic (exact) mass is 535 g/mol. The summed E-state index contributed by atoms with van der Waals surface area (Å²) >= 11 is 0. The zero-order valence-corrected chi connectivity index (χ0v) is 23.3. The Kier molecular flexibility index (Phi) is 10.6. The van der Waals surface area contributed by atoms with E-state index in [9.17, 15) is 24.4 Å². The van der Waals surface area contributed by atoms with E-state index >= 15 is 0 Å². The molecule has 2 atom stereocenters. The number of ether oxygens (including phenoxy) is 1. The summed E-state index contributed by atoms with van der Waals surface area (Å²) in [6.07, 6.45) is -1.24. The molecule has 0 aliphatic carbocycles. The van der Waals surface area contributed by atoms with Gasteiger partial charge in [0.1, 0.15) is 24.2 Å². The number of nitrogens with one attached hydrogen (secondary N) is 2. The first-order valence-corrected chi connectivity index (χ1v) is 12.6. The minimum atomic E-state index is -1.28. The molecule has 0 bridgehead atoms. The fourth-order valence-corrected chi connectivity index (χ4v) is 4.11. The van der Waals surface area contributed by atoms with Crippen molar-refractivity contribution < 1.29 is 23.9 Å². The molecule has 0 aromatic heterocycles. The molecule has 2 aromatic rings. The van der Waals surface area contributed by atoms with Crippen LogP contribution >= 0.6 is 0 Å². The highest BCUT2D eigenvalue weighted by molar-refractivity contribution is 6.00. The highest BCUT2D eigenvalue weighted by Crippen LogP contribution is 2.29. The van der Waals surface area contributed by atoms with Crippen LogP contribution in [0.1, 0.15) is 61.9 Å². The van der Waals surface area contributed by atoms with E-state index in [0.29, 0.717) is 11.3 Å². The average molecular weight is 536 g/mol. The lowest BCUT2D eigenvalue weighted by atomic mass is 9.97. The standard InChI is InChI=1S/C29H37N5O5/c1-18-10-7-8-13-21(18)25(26(36)33-24-19(2)11-9-12-20(24)3)34(17-16-30)27(37)22(14-15-23(31)35)32-28(38)39-29(4,5)6/h7-13,22,25H,14-15,17H2,1-6H3,(H2,31,35)(H,32,38)(H,33,36). The minimum absolute atomic E-state index is 0.144. The van der Waals surface area contributed by atoms with E-state index in [4.69, 9.17) is 10.5 Å². The molecular formula is C29H37N5O5. The Morgan fingerprint density at radius 3 is 2.13 bits per heavy atom. The Labute approximate surface area is 229 Å². The summed E-state index contributed by atoms with van der Waals surface area (Å²) < 4.78 is 5.30. The summed E-state index contributed by atoms with van der Waals surface area (Å²) in [4.78, 5) is 53.1. The van der Waals surface area contributed by atoms with Gasteiger partial charge in [0.15, 0.2) is 0 Å². The second-order valence-electron chi connectivity index (χ2n) is 10.3. The Hall–Kier alpha value is -4.39. The van der Waals surface area contributed by atoms with Crippen LogP contribution in [0, 0.1) is 32.1 Å². The predicted octanol–water partition coefficient (Wildman–Crippen LogP) is 3.80. The van der Waals surface area contributed by atoms with Gasteiger partial charge in [-0.3, -0.25) is 14.4 Å². The third kappa shape index (κ3) is 8.85.